The topological polar surface area (TPSA) is 37.3 Å². The first-order chi connectivity index (χ1) is 9.72. The molecule has 100 valence electrons. The summed E-state index contributed by atoms with van der Waals surface area (Å²) < 4.78 is 0. The van der Waals surface area contributed by atoms with E-state index >= 15 is 0 Å². The SMILES string of the molecule is Cc1ccc(/C=N\Nc2ccnc3cc(Cl)ccc23)s1. The summed E-state index contributed by atoms with van der Waals surface area (Å²) in [6.45, 7) is 2.08. The molecule has 0 saturated heterocycles. The van der Waals surface area contributed by atoms with Gasteiger partial charge in [-0.1, -0.05) is 11.6 Å². The van der Waals surface area contributed by atoms with Crippen molar-refractivity contribution >= 4 is 45.7 Å². The van der Waals surface area contributed by atoms with Gasteiger partial charge in [-0.25, -0.2) is 0 Å². The number of hydrazone groups is 1. The Morgan fingerprint density at radius 3 is 2.95 bits per heavy atom. The van der Waals surface area contributed by atoms with Gasteiger partial charge in [0.2, 0.25) is 0 Å². The van der Waals surface area contributed by atoms with Gasteiger partial charge in [0.1, 0.15) is 0 Å². The molecule has 1 aromatic carbocycles. The monoisotopic (exact) mass is 301 g/mol. The standard InChI is InChI=1S/C15H12ClN3S/c1-10-2-4-12(20-10)9-18-19-14-6-7-17-15-8-11(16)3-5-13(14)15/h2-9H,1H3,(H,17,19)/b18-9-. The molecule has 0 bridgehead atoms. The van der Waals surface area contributed by atoms with Crippen molar-refractivity contribution in [2.45, 2.75) is 6.92 Å². The molecule has 0 saturated carbocycles. The van der Waals surface area contributed by atoms with Crippen LogP contribution in [0.2, 0.25) is 5.02 Å². The number of nitrogens with one attached hydrogen (secondary N) is 1. The maximum atomic E-state index is 5.97. The lowest BCUT2D eigenvalue weighted by atomic mass is 10.2. The molecule has 20 heavy (non-hydrogen) atoms. The number of hydrogen-bond donors (Lipinski definition) is 1. The third-order valence-electron chi connectivity index (χ3n) is 2.84. The van der Waals surface area contributed by atoms with Gasteiger partial charge in [0.05, 0.1) is 17.4 Å². The van der Waals surface area contributed by atoms with Crippen LogP contribution in [0.15, 0.2) is 47.7 Å². The molecule has 0 amide bonds. The van der Waals surface area contributed by atoms with Gasteiger partial charge >= 0.3 is 0 Å². The quantitative estimate of drug-likeness (QED) is 0.562. The van der Waals surface area contributed by atoms with E-state index < -0.39 is 0 Å². The predicted octanol–water partition coefficient (Wildman–Crippen LogP) is 4.70. The molecule has 2 aromatic heterocycles. The van der Waals surface area contributed by atoms with Crippen LogP contribution >= 0.6 is 22.9 Å². The molecule has 0 unspecified atom stereocenters. The Labute approximate surface area is 125 Å². The predicted molar refractivity (Wildman–Crippen MR) is 87.0 cm³/mol. The zero-order valence-corrected chi connectivity index (χ0v) is 12.4. The Kier molecular flexibility index (Phi) is 3.67. The van der Waals surface area contributed by atoms with Crippen molar-refractivity contribution in [2.24, 2.45) is 5.10 Å². The fourth-order valence-corrected chi connectivity index (χ4v) is 2.82. The summed E-state index contributed by atoms with van der Waals surface area (Å²) >= 11 is 7.68. The molecule has 0 radical (unpaired) electrons. The van der Waals surface area contributed by atoms with Crippen LogP contribution < -0.4 is 5.43 Å². The highest BCUT2D eigenvalue weighted by molar-refractivity contribution is 7.13. The first kappa shape index (κ1) is 13.1. The number of fused-ring (bicyclic) bond motifs is 1. The van der Waals surface area contributed by atoms with Crippen LogP contribution in [0.1, 0.15) is 9.75 Å². The van der Waals surface area contributed by atoms with E-state index in [0.29, 0.717) is 5.02 Å². The van der Waals surface area contributed by atoms with Crippen molar-refractivity contribution in [1.82, 2.24) is 4.98 Å². The summed E-state index contributed by atoms with van der Waals surface area (Å²) in [7, 11) is 0. The fourth-order valence-electron chi connectivity index (χ4n) is 1.91. The minimum Gasteiger partial charge on any atom is -0.278 e. The van der Waals surface area contributed by atoms with E-state index in [0.717, 1.165) is 21.5 Å². The third-order valence-corrected chi connectivity index (χ3v) is 4.01. The Hall–Kier alpha value is -1.91. The highest BCUT2D eigenvalue weighted by Gasteiger charge is 2.01. The average molecular weight is 302 g/mol. The molecule has 1 N–H and O–H groups in total. The van der Waals surface area contributed by atoms with E-state index in [1.54, 1.807) is 17.5 Å². The number of rotatable bonds is 3. The average Bonchev–Trinajstić information content (AvgIpc) is 2.84. The molecule has 0 atom stereocenters. The van der Waals surface area contributed by atoms with Crippen LogP contribution in [0.5, 0.6) is 0 Å². The maximum Gasteiger partial charge on any atom is 0.0738 e. The molecule has 0 aliphatic rings. The number of nitrogens with zero attached hydrogens (tertiary/aromatic N) is 2. The molecule has 0 fully saturated rings. The van der Waals surface area contributed by atoms with E-state index in [9.17, 15) is 0 Å². The van der Waals surface area contributed by atoms with E-state index in [1.165, 1.54) is 4.88 Å². The summed E-state index contributed by atoms with van der Waals surface area (Å²) in [5.74, 6) is 0. The van der Waals surface area contributed by atoms with E-state index in [1.807, 2.05) is 30.5 Å². The van der Waals surface area contributed by atoms with Crippen molar-refractivity contribution in [1.29, 1.82) is 0 Å². The number of thiophene rings is 1. The fraction of sp³-hybridized carbons (Fsp3) is 0.0667. The second-order valence-corrected chi connectivity index (χ2v) is 6.09. The zero-order chi connectivity index (χ0) is 13.9. The number of anilines is 1. The van der Waals surface area contributed by atoms with Gasteiger partial charge in [0, 0.05) is 26.4 Å². The van der Waals surface area contributed by atoms with Crippen LogP contribution in [0.4, 0.5) is 5.69 Å². The van der Waals surface area contributed by atoms with Crippen LogP contribution in [0, 0.1) is 6.92 Å². The van der Waals surface area contributed by atoms with E-state index in [4.69, 9.17) is 11.6 Å². The summed E-state index contributed by atoms with van der Waals surface area (Å²) in [6, 6.07) is 11.7. The Morgan fingerprint density at radius 2 is 2.15 bits per heavy atom. The highest BCUT2D eigenvalue weighted by Crippen LogP contribution is 2.24. The number of pyridine rings is 1. The minimum absolute atomic E-state index is 0.680. The van der Waals surface area contributed by atoms with Crippen LogP contribution in [0.25, 0.3) is 10.9 Å². The molecule has 0 aliphatic carbocycles. The molecule has 0 spiro atoms. The van der Waals surface area contributed by atoms with E-state index in [2.05, 4.69) is 34.6 Å². The van der Waals surface area contributed by atoms with Crippen molar-refractivity contribution in [3.05, 3.63) is 57.4 Å². The third kappa shape index (κ3) is 2.81. The molecular weight excluding hydrogens is 290 g/mol. The van der Waals surface area contributed by atoms with Crippen molar-refractivity contribution in [2.75, 3.05) is 5.43 Å². The normalized spacial score (nSPS) is 11.3. The number of benzene rings is 1. The van der Waals surface area contributed by atoms with Crippen molar-refractivity contribution in [3.8, 4) is 0 Å². The Bertz CT molecular complexity index is 780. The van der Waals surface area contributed by atoms with Gasteiger partial charge in [-0.2, -0.15) is 5.10 Å². The summed E-state index contributed by atoms with van der Waals surface area (Å²) in [5.41, 5.74) is 4.82. The maximum absolute atomic E-state index is 5.97. The minimum atomic E-state index is 0.680. The number of aromatic nitrogens is 1. The van der Waals surface area contributed by atoms with Crippen LogP contribution in [-0.2, 0) is 0 Å². The largest absolute Gasteiger partial charge is 0.278 e. The molecular formula is C15H12ClN3S. The van der Waals surface area contributed by atoms with Crippen molar-refractivity contribution in [3.63, 3.8) is 0 Å². The molecule has 2 heterocycles. The van der Waals surface area contributed by atoms with Gasteiger partial charge in [-0.05, 0) is 43.3 Å². The first-order valence-corrected chi connectivity index (χ1v) is 7.31. The van der Waals surface area contributed by atoms with Gasteiger partial charge in [0.25, 0.3) is 0 Å². The second-order valence-electron chi connectivity index (χ2n) is 4.34. The Morgan fingerprint density at radius 1 is 1.25 bits per heavy atom. The molecule has 3 nitrogen and oxygen atoms in total. The summed E-state index contributed by atoms with van der Waals surface area (Å²) in [4.78, 5) is 6.69. The van der Waals surface area contributed by atoms with E-state index in [-0.39, 0.29) is 0 Å². The summed E-state index contributed by atoms with van der Waals surface area (Å²) in [5, 5.41) is 5.95. The lowest BCUT2D eigenvalue weighted by Gasteiger charge is -2.04. The van der Waals surface area contributed by atoms with Gasteiger partial charge in [-0.3, -0.25) is 10.4 Å². The molecule has 0 aliphatic heterocycles. The number of hydrogen-bond acceptors (Lipinski definition) is 4. The van der Waals surface area contributed by atoms with Gasteiger partial charge < -0.3 is 0 Å². The van der Waals surface area contributed by atoms with Crippen LogP contribution in [-0.4, -0.2) is 11.2 Å². The van der Waals surface area contributed by atoms with Crippen LogP contribution in [0.3, 0.4) is 0 Å². The van der Waals surface area contributed by atoms with Gasteiger partial charge in [-0.15, -0.1) is 11.3 Å². The molecule has 3 rings (SSSR count). The first-order valence-electron chi connectivity index (χ1n) is 6.12. The lowest BCUT2D eigenvalue weighted by Crippen LogP contribution is -1.91. The van der Waals surface area contributed by atoms with Crippen molar-refractivity contribution < 1.29 is 0 Å². The molecule has 5 heteroatoms. The molecule has 3 aromatic rings. The number of halogens is 1. The Balaban J connectivity index is 1.86. The number of aryl methyl sites for hydroxylation is 1. The van der Waals surface area contributed by atoms with Gasteiger partial charge in [0.15, 0.2) is 0 Å². The smallest absolute Gasteiger partial charge is 0.0738 e. The zero-order valence-electron chi connectivity index (χ0n) is 10.8. The lowest BCUT2D eigenvalue weighted by molar-refractivity contribution is 1.34. The highest BCUT2D eigenvalue weighted by atomic mass is 35.5. The summed E-state index contributed by atoms with van der Waals surface area (Å²) in [6.07, 6.45) is 3.56. The second kappa shape index (κ2) is 5.61.